The van der Waals surface area contributed by atoms with Gasteiger partial charge in [-0.1, -0.05) is 5.16 Å². The van der Waals surface area contributed by atoms with Gasteiger partial charge < -0.3 is 14.4 Å². The Morgan fingerprint density at radius 2 is 2.21 bits per heavy atom. The zero-order chi connectivity index (χ0) is 13.9. The molecular weight excluding hydrogens is 285 g/mol. The minimum Gasteiger partial charge on any atom is -0.391 e. The topological polar surface area (TPSA) is 68.4 Å². The first kappa shape index (κ1) is 14.6. The third-order valence-corrected chi connectivity index (χ3v) is 3.76. The number of halogens is 3. The van der Waals surface area contributed by atoms with Crippen LogP contribution in [0.4, 0.5) is 13.2 Å². The first-order valence-electron chi connectivity index (χ1n) is 5.68. The van der Waals surface area contributed by atoms with E-state index < -0.39 is 18.9 Å². The molecule has 0 aliphatic carbocycles. The van der Waals surface area contributed by atoms with Gasteiger partial charge in [0.2, 0.25) is 5.89 Å². The molecule has 1 aliphatic heterocycles. The van der Waals surface area contributed by atoms with Crippen molar-refractivity contribution in [3.8, 4) is 0 Å². The summed E-state index contributed by atoms with van der Waals surface area (Å²) >= 11 is 1.59. The Bertz CT molecular complexity index is 413. The smallest absolute Gasteiger partial charge is 0.391 e. The number of hydrogen-bond donors (Lipinski definition) is 1. The van der Waals surface area contributed by atoms with Gasteiger partial charge in [-0.25, -0.2) is 0 Å². The molecule has 9 heteroatoms. The fourth-order valence-corrected chi connectivity index (χ4v) is 2.88. The summed E-state index contributed by atoms with van der Waals surface area (Å²) in [6.45, 7) is -1.41. The second-order valence-corrected chi connectivity index (χ2v) is 5.25. The second kappa shape index (κ2) is 6.10. The van der Waals surface area contributed by atoms with E-state index in [1.807, 2.05) is 0 Å². The van der Waals surface area contributed by atoms with E-state index in [9.17, 15) is 18.3 Å². The maximum Gasteiger partial charge on any atom is 0.411 e. The van der Waals surface area contributed by atoms with Crippen molar-refractivity contribution in [1.82, 2.24) is 10.1 Å². The maximum absolute atomic E-state index is 11.8. The highest BCUT2D eigenvalue weighted by molar-refractivity contribution is 7.99. The SMILES string of the molecule is OC1CSCC1c1nc(CCOCC(F)(F)F)no1. The molecule has 108 valence electrons. The van der Waals surface area contributed by atoms with Crippen molar-refractivity contribution >= 4 is 11.8 Å². The van der Waals surface area contributed by atoms with Gasteiger partial charge in [0, 0.05) is 17.9 Å². The summed E-state index contributed by atoms with van der Waals surface area (Å²) in [5.74, 6) is 1.76. The molecule has 1 fully saturated rings. The summed E-state index contributed by atoms with van der Waals surface area (Å²) in [5.41, 5.74) is 0. The number of aliphatic hydroxyl groups is 1. The molecule has 19 heavy (non-hydrogen) atoms. The monoisotopic (exact) mass is 298 g/mol. The fourth-order valence-electron chi connectivity index (χ4n) is 1.65. The van der Waals surface area contributed by atoms with Gasteiger partial charge in [0.25, 0.3) is 0 Å². The highest BCUT2D eigenvalue weighted by Crippen LogP contribution is 2.31. The Kier molecular flexibility index (Phi) is 4.69. The molecule has 1 aliphatic rings. The molecular formula is C10H13F3N2O3S. The molecule has 2 unspecified atom stereocenters. The standard InChI is InChI=1S/C10H13F3N2O3S/c11-10(12,13)5-17-2-1-8-14-9(18-15-8)6-3-19-4-7(6)16/h6-7,16H,1-5H2. The molecule has 2 atom stereocenters. The first-order valence-corrected chi connectivity index (χ1v) is 6.84. The van der Waals surface area contributed by atoms with Gasteiger partial charge in [0.15, 0.2) is 5.82 Å². The van der Waals surface area contributed by atoms with Crippen LogP contribution >= 0.6 is 11.8 Å². The van der Waals surface area contributed by atoms with Crippen molar-refractivity contribution in [2.75, 3.05) is 24.7 Å². The molecule has 2 rings (SSSR count). The van der Waals surface area contributed by atoms with E-state index in [1.165, 1.54) is 0 Å². The van der Waals surface area contributed by atoms with Gasteiger partial charge in [-0.3, -0.25) is 0 Å². The van der Waals surface area contributed by atoms with E-state index in [4.69, 9.17) is 4.52 Å². The summed E-state index contributed by atoms with van der Waals surface area (Å²) in [4.78, 5) is 4.06. The number of rotatable bonds is 5. The quantitative estimate of drug-likeness (QED) is 0.828. The van der Waals surface area contributed by atoms with Crippen LogP contribution < -0.4 is 0 Å². The van der Waals surface area contributed by atoms with Crippen LogP contribution in [-0.2, 0) is 11.2 Å². The zero-order valence-electron chi connectivity index (χ0n) is 9.89. The maximum atomic E-state index is 11.8. The van der Waals surface area contributed by atoms with Crippen LogP contribution in [0, 0.1) is 0 Å². The number of alkyl halides is 3. The highest BCUT2D eigenvalue weighted by Gasteiger charge is 2.32. The predicted octanol–water partition coefficient (Wildman–Crippen LogP) is 1.38. The Morgan fingerprint density at radius 1 is 1.42 bits per heavy atom. The average Bonchev–Trinajstić information content (AvgIpc) is 2.91. The normalized spacial score (nSPS) is 24.0. The highest BCUT2D eigenvalue weighted by atomic mass is 32.2. The number of ether oxygens (including phenoxy) is 1. The Morgan fingerprint density at radius 3 is 2.84 bits per heavy atom. The minimum atomic E-state index is -4.33. The van der Waals surface area contributed by atoms with Crippen LogP contribution in [0.15, 0.2) is 4.52 Å². The van der Waals surface area contributed by atoms with Gasteiger partial charge >= 0.3 is 6.18 Å². The van der Waals surface area contributed by atoms with Crippen molar-refractivity contribution in [2.24, 2.45) is 0 Å². The van der Waals surface area contributed by atoms with E-state index in [2.05, 4.69) is 14.9 Å². The van der Waals surface area contributed by atoms with Gasteiger partial charge in [-0.2, -0.15) is 29.9 Å². The third kappa shape index (κ3) is 4.36. The van der Waals surface area contributed by atoms with Crippen molar-refractivity contribution in [3.05, 3.63) is 11.7 Å². The van der Waals surface area contributed by atoms with Crippen molar-refractivity contribution < 1.29 is 27.5 Å². The van der Waals surface area contributed by atoms with Crippen molar-refractivity contribution in [1.29, 1.82) is 0 Å². The van der Waals surface area contributed by atoms with E-state index in [1.54, 1.807) is 11.8 Å². The molecule has 1 aromatic rings. The predicted molar refractivity (Wildman–Crippen MR) is 60.9 cm³/mol. The van der Waals surface area contributed by atoms with Crippen molar-refractivity contribution in [3.63, 3.8) is 0 Å². The minimum absolute atomic E-state index is 0.125. The van der Waals surface area contributed by atoms with E-state index in [0.717, 1.165) is 0 Å². The molecule has 1 aromatic heterocycles. The number of aliphatic hydroxyl groups excluding tert-OH is 1. The molecule has 0 amide bonds. The van der Waals surface area contributed by atoms with Gasteiger partial charge in [-0.15, -0.1) is 0 Å². The average molecular weight is 298 g/mol. The first-order chi connectivity index (χ1) is 8.96. The lowest BCUT2D eigenvalue weighted by molar-refractivity contribution is -0.173. The molecule has 0 saturated carbocycles. The molecule has 5 nitrogen and oxygen atoms in total. The van der Waals surface area contributed by atoms with E-state index in [-0.39, 0.29) is 18.9 Å². The van der Waals surface area contributed by atoms with Gasteiger partial charge in [-0.05, 0) is 0 Å². The molecule has 1 N–H and O–H groups in total. The van der Waals surface area contributed by atoms with Crippen LogP contribution in [0.2, 0.25) is 0 Å². The number of hydrogen-bond acceptors (Lipinski definition) is 6. The summed E-state index contributed by atoms with van der Waals surface area (Å²) in [6.07, 6.45) is -4.69. The second-order valence-electron chi connectivity index (χ2n) is 4.18. The van der Waals surface area contributed by atoms with Crippen LogP contribution in [0.5, 0.6) is 0 Å². The Hall–Kier alpha value is -0.800. The van der Waals surface area contributed by atoms with Crippen LogP contribution in [0.3, 0.4) is 0 Å². The summed E-state index contributed by atoms with van der Waals surface area (Å²) < 4.78 is 44.9. The molecule has 0 spiro atoms. The molecule has 2 heterocycles. The lowest BCUT2D eigenvalue weighted by atomic mass is 10.1. The Balaban J connectivity index is 1.78. The molecule has 0 aromatic carbocycles. The van der Waals surface area contributed by atoms with E-state index in [0.29, 0.717) is 23.2 Å². The van der Waals surface area contributed by atoms with E-state index >= 15 is 0 Å². The van der Waals surface area contributed by atoms with Crippen LogP contribution in [0.1, 0.15) is 17.6 Å². The fraction of sp³-hybridized carbons (Fsp3) is 0.800. The zero-order valence-corrected chi connectivity index (χ0v) is 10.7. The molecule has 1 saturated heterocycles. The number of nitrogens with zero attached hydrogens (tertiary/aromatic N) is 2. The summed E-state index contributed by atoms with van der Waals surface area (Å²) in [6, 6.07) is 0. The third-order valence-electron chi connectivity index (χ3n) is 2.59. The van der Waals surface area contributed by atoms with Crippen LogP contribution in [-0.4, -0.2) is 52.2 Å². The lowest BCUT2D eigenvalue weighted by Gasteiger charge is -2.06. The van der Waals surface area contributed by atoms with Gasteiger partial charge in [0.1, 0.15) is 6.61 Å². The summed E-state index contributed by atoms with van der Waals surface area (Å²) in [5, 5.41) is 13.3. The number of thioether (sulfide) groups is 1. The Labute approximate surface area is 111 Å². The largest absolute Gasteiger partial charge is 0.411 e. The molecule has 0 bridgehead atoms. The van der Waals surface area contributed by atoms with Gasteiger partial charge in [0.05, 0.1) is 18.6 Å². The number of aromatic nitrogens is 2. The lowest BCUT2D eigenvalue weighted by Crippen LogP contribution is -2.18. The molecule has 0 radical (unpaired) electrons. The summed E-state index contributed by atoms with van der Waals surface area (Å²) in [7, 11) is 0. The van der Waals surface area contributed by atoms with Crippen LogP contribution in [0.25, 0.3) is 0 Å². The van der Waals surface area contributed by atoms with Crippen molar-refractivity contribution in [2.45, 2.75) is 24.6 Å².